The normalized spacial score (nSPS) is 18.3. The average Bonchev–Trinajstić information content (AvgIpc) is 3.39. The van der Waals surface area contributed by atoms with E-state index in [-0.39, 0.29) is 17.9 Å². The third-order valence-electron chi connectivity index (χ3n) is 5.37. The summed E-state index contributed by atoms with van der Waals surface area (Å²) in [5, 5.41) is 4.02. The number of hydrogen-bond donors (Lipinski definition) is 1. The smallest absolute Gasteiger partial charge is 0.174 e. The van der Waals surface area contributed by atoms with Crippen molar-refractivity contribution in [2.75, 3.05) is 4.90 Å². The largest absolute Gasteiger partial charge is 0.351 e. The summed E-state index contributed by atoms with van der Waals surface area (Å²) in [6.45, 7) is 0. The Morgan fingerprint density at radius 1 is 0.935 bits per heavy atom. The van der Waals surface area contributed by atoms with Crippen molar-refractivity contribution in [3.05, 3.63) is 113 Å². The second-order valence-electron chi connectivity index (χ2n) is 7.26. The minimum absolute atomic E-state index is 0.167. The van der Waals surface area contributed by atoms with E-state index in [4.69, 9.17) is 12.2 Å². The van der Waals surface area contributed by atoms with Crippen LogP contribution in [0.3, 0.4) is 0 Å². The average molecular weight is 493 g/mol. The lowest BCUT2D eigenvalue weighted by molar-refractivity contribution is 0.549. The summed E-state index contributed by atoms with van der Waals surface area (Å²) in [6, 6.07) is 24.2. The lowest BCUT2D eigenvalue weighted by atomic mass is 10.0. The maximum atomic E-state index is 13.6. The van der Waals surface area contributed by atoms with Crippen molar-refractivity contribution in [3.63, 3.8) is 0 Å². The van der Waals surface area contributed by atoms with Gasteiger partial charge < -0.3 is 14.8 Å². The third kappa shape index (κ3) is 3.75. The fraction of sp³-hybridized carbons (Fsp3) is 0.0833. The van der Waals surface area contributed by atoms with Crippen LogP contribution < -0.4 is 10.2 Å². The van der Waals surface area contributed by atoms with Crippen molar-refractivity contribution in [1.29, 1.82) is 0 Å². The molecule has 7 heteroatoms. The highest BCUT2D eigenvalue weighted by Crippen LogP contribution is 2.42. The Kier molecular flexibility index (Phi) is 5.29. The number of thiocarbonyl (C=S) groups is 1. The van der Waals surface area contributed by atoms with E-state index in [0.717, 1.165) is 27.2 Å². The minimum atomic E-state index is -0.280. The van der Waals surface area contributed by atoms with E-state index in [9.17, 15) is 4.39 Å². The molecule has 31 heavy (non-hydrogen) atoms. The standard InChI is InChI=1S/C24H18BrFN4S/c25-16-5-3-6-19(15-16)29-14-4-8-21(29)23-22(20-7-1-2-13-27-20)28-24(31)30(23)18-11-9-17(26)10-12-18/h1-15,22-23H,(H,28,31)/t22-,23+/m0/s1. The SMILES string of the molecule is Fc1ccc(N2C(=S)N[C@@H](c3ccccn3)[C@H]2c2cccn2-c2cccc(Br)c2)cc1. The lowest BCUT2D eigenvalue weighted by Gasteiger charge is -2.29. The molecule has 2 aromatic heterocycles. The fourth-order valence-corrected chi connectivity index (χ4v) is 4.76. The number of anilines is 1. The number of nitrogens with zero attached hydrogens (tertiary/aromatic N) is 3. The molecular formula is C24H18BrFN4S. The van der Waals surface area contributed by atoms with Gasteiger partial charge >= 0.3 is 0 Å². The summed E-state index contributed by atoms with van der Waals surface area (Å²) in [6.07, 6.45) is 3.82. The van der Waals surface area contributed by atoms with Gasteiger partial charge in [0.2, 0.25) is 0 Å². The Balaban J connectivity index is 1.67. The van der Waals surface area contributed by atoms with Gasteiger partial charge in [0.1, 0.15) is 11.9 Å². The van der Waals surface area contributed by atoms with Crippen LogP contribution in [0.4, 0.5) is 10.1 Å². The second-order valence-corrected chi connectivity index (χ2v) is 8.56. The quantitative estimate of drug-likeness (QED) is 0.356. The molecule has 0 saturated carbocycles. The van der Waals surface area contributed by atoms with Crippen LogP contribution in [0.25, 0.3) is 5.69 Å². The Morgan fingerprint density at radius 3 is 2.52 bits per heavy atom. The van der Waals surface area contributed by atoms with Gasteiger partial charge in [-0.05, 0) is 78.9 Å². The Bertz CT molecular complexity index is 1230. The van der Waals surface area contributed by atoms with E-state index in [0.29, 0.717) is 5.11 Å². The highest BCUT2D eigenvalue weighted by molar-refractivity contribution is 9.10. The number of hydrogen-bond acceptors (Lipinski definition) is 2. The number of benzene rings is 2. The van der Waals surface area contributed by atoms with Gasteiger partial charge in [-0.15, -0.1) is 0 Å². The molecule has 5 rings (SSSR count). The summed E-state index contributed by atoms with van der Waals surface area (Å²) < 4.78 is 16.8. The van der Waals surface area contributed by atoms with Crippen molar-refractivity contribution in [2.24, 2.45) is 0 Å². The lowest BCUT2D eigenvalue weighted by Crippen LogP contribution is -2.30. The first-order valence-electron chi connectivity index (χ1n) is 9.81. The van der Waals surface area contributed by atoms with E-state index in [1.54, 1.807) is 18.3 Å². The molecule has 1 saturated heterocycles. The van der Waals surface area contributed by atoms with Gasteiger partial charge in [-0.3, -0.25) is 4.98 Å². The zero-order chi connectivity index (χ0) is 21.4. The number of aromatic nitrogens is 2. The van der Waals surface area contributed by atoms with Crippen LogP contribution in [-0.2, 0) is 0 Å². The summed E-state index contributed by atoms with van der Waals surface area (Å²) in [5.41, 5.74) is 3.79. The molecule has 0 radical (unpaired) electrons. The van der Waals surface area contributed by atoms with Crippen LogP contribution in [0.15, 0.2) is 95.7 Å². The molecule has 1 aliphatic heterocycles. The molecule has 1 N–H and O–H groups in total. The molecule has 0 bridgehead atoms. The first kappa shape index (κ1) is 19.9. The number of rotatable bonds is 4. The molecule has 0 amide bonds. The van der Waals surface area contributed by atoms with Crippen molar-refractivity contribution < 1.29 is 4.39 Å². The number of halogens is 2. The molecule has 4 nitrogen and oxygen atoms in total. The van der Waals surface area contributed by atoms with Gasteiger partial charge in [-0.1, -0.05) is 28.1 Å². The van der Waals surface area contributed by atoms with Gasteiger partial charge in [0.05, 0.1) is 11.7 Å². The fourth-order valence-electron chi connectivity index (χ4n) is 4.03. The number of pyridine rings is 1. The topological polar surface area (TPSA) is 33.1 Å². The number of nitrogens with one attached hydrogen (secondary N) is 1. The van der Waals surface area contributed by atoms with Crippen LogP contribution >= 0.6 is 28.1 Å². The molecular weight excluding hydrogens is 475 g/mol. The van der Waals surface area contributed by atoms with Gasteiger partial charge in [0, 0.05) is 33.9 Å². The summed E-state index contributed by atoms with van der Waals surface area (Å²) in [5.74, 6) is -0.280. The van der Waals surface area contributed by atoms with E-state index in [2.05, 4.69) is 49.0 Å². The molecule has 1 fully saturated rings. The molecule has 0 aliphatic carbocycles. The van der Waals surface area contributed by atoms with Gasteiger partial charge in [0.25, 0.3) is 0 Å². The molecule has 0 spiro atoms. The van der Waals surface area contributed by atoms with Crippen LogP contribution in [0.5, 0.6) is 0 Å². The molecule has 4 aromatic rings. The molecule has 3 heterocycles. The molecule has 0 unspecified atom stereocenters. The zero-order valence-corrected chi connectivity index (χ0v) is 18.7. The molecule has 2 aromatic carbocycles. The van der Waals surface area contributed by atoms with E-state index < -0.39 is 0 Å². The van der Waals surface area contributed by atoms with E-state index in [1.807, 2.05) is 47.5 Å². The Hall–Kier alpha value is -3.03. The van der Waals surface area contributed by atoms with E-state index >= 15 is 0 Å². The highest BCUT2D eigenvalue weighted by Gasteiger charge is 2.42. The van der Waals surface area contributed by atoms with Gasteiger partial charge in [-0.2, -0.15) is 0 Å². The first-order valence-corrected chi connectivity index (χ1v) is 11.0. The molecule has 2 atom stereocenters. The summed E-state index contributed by atoms with van der Waals surface area (Å²) in [7, 11) is 0. The van der Waals surface area contributed by atoms with Crippen molar-refractivity contribution in [3.8, 4) is 5.69 Å². The van der Waals surface area contributed by atoms with Crippen molar-refractivity contribution in [1.82, 2.24) is 14.9 Å². The molecule has 154 valence electrons. The van der Waals surface area contributed by atoms with Crippen molar-refractivity contribution >= 4 is 38.9 Å². The maximum absolute atomic E-state index is 13.6. The minimum Gasteiger partial charge on any atom is -0.351 e. The Labute approximate surface area is 193 Å². The summed E-state index contributed by atoms with van der Waals surface area (Å²) in [4.78, 5) is 6.63. The first-order chi connectivity index (χ1) is 15.1. The maximum Gasteiger partial charge on any atom is 0.174 e. The van der Waals surface area contributed by atoms with Crippen LogP contribution in [0, 0.1) is 5.82 Å². The van der Waals surface area contributed by atoms with Crippen LogP contribution in [0.2, 0.25) is 0 Å². The molecule has 1 aliphatic rings. The van der Waals surface area contributed by atoms with E-state index in [1.165, 1.54) is 12.1 Å². The predicted molar refractivity (Wildman–Crippen MR) is 128 cm³/mol. The second kappa shape index (κ2) is 8.24. The Morgan fingerprint density at radius 2 is 1.77 bits per heavy atom. The predicted octanol–water partition coefficient (Wildman–Crippen LogP) is 5.95. The van der Waals surface area contributed by atoms with Crippen LogP contribution in [0.1, 0.15) is 23.5 Å². The monoisotopic (exact) mass is 492 g/mol. The summed E-state index contributed by atoms with van der Waals surface area (Å²) >= 11 is 9.31. The highest BCUT2D eigenvalue weighted by atomic mass is 79.9. The van der Waals surface area contributed by atoms with Crippen molar-refractivity contribution in [2.45, 2.75) is 12.1 Å². The zero-order valence-electron chi connectivity index (χ0n) is 16.3. The van der Waals surface area contributed by atoms with Crippen LogP contribution in [-0.4, -0.2) is 14.7 Å². The van der Waals surface area contributed by atoms with Gasteiger partial charge in [0.15, 0.2) is 5.11 Å². The van der Waals surface area contributed by atoms with Gasteiger partial charge in [-0.25, -0.2) is 4.39 Å². The third-order valence-corrected chi connectivity index (χ3v) is 6.18.